The quantitative estimate of drug-likeness (QED) is 0.178. The second kappa shape index (κ2) is 17.5. The van der Waals surface area contributed by atoms with E-state index in [1.54, 1.807) is 30.7 Å². The number of carbonyl (C=O) groups excluding carboxylic acids is 3. The smallest absolute Gasteiger partial charge is 0.336 e. The van der Waals surface area contributed by atoms with Crippen molar-refractivity contribution in [1.82, 2.24) is 19.7 Å². The third kappa shape index (κ3) is 8.47. The number of carbonyl (C=O) groups is 3. The molecule has 6 rings (SSSR count). The van der Waals surface area contributed by atoms with Crippen LogP contribution in [0.2, 0.25) is 10.0 Å². The Kier molecular flexibility index (Phi) is 12.9. The van der Waals surface area contributed by atoms with Gasteiger partial charge in [0.05, 0.1) is 49.2 Å². The molecular formula is C38H45Cl2N5O6S. The van der Waals surface area contributed by atoms with E-state index < -0.39 is 23.8 Å². The molecule has 11 nitrogen and oxygen atoms in total. The molecule has 5 heterocycles. The average Bonchev–Trinajstić information content (AvgIpc) is 3.94. The molecule has 3 aliphatic rings. The number of benzene rings is 1. The third-order valence-corrected chi connectivity index (χ3v) is 12.0. The maximum atomic E-state index is 14.0. The molecule has 2 aromatic heterocycles. The van der Waals surface area contributed by atoms with Crippen molar-refractivity contribution in [1.29, 1.82) is 0 Å². The van der Waals surface area contributed by atoms with Crippen molar-refractivity contribution >= 4 is 58.1 Å². The van der Waals surface area contributed by atoms with Gasteiger partial charge in [0.2, 0.25) is 5.91 Å². The van der Waals surface area contributed by atoms with Gasteiger partial charge in [0, 0.05) is 78.4 Å². The number of methoxy groups -OCH3 is 2. The molecule has 4 unspecified atom stereocenters. The summed E-state index contributed by atoms with van der Waals surface area (Å²) in [6.07, 6.45) is 7.45. The highest BCUT2D eigenvalue weighted by Crippen LogP contribution is 2.46. The molecule has 2 fully saturated rings. The fraction of sp³-hybridized carbons (Fsp3) is 0.500. The Morgan fingerprint density at radius 1 is 0.981 bits per heavy atom. The molecule has 278 valence electrons. The Morgan fingerprint density at radius 2 is 1.75 bits per heavy atom. The van der Waals surface area contributed by atoms with E-state index in [9.17, 15) is 14.4 Å². The number of esters is 2. The van der Waals surface area contributed by atoms with E-state index in [0.29, 0.717) is 49.3 Å². The molecule has 2 saturated heterocycles. The van der Waals surface area contributed by atoms with Crippen molar-refractivity contribution in [2.24, 2.45) is 10.9 Å². The van der Waals surface area contributed by atoms with Gasteiger partial charge in [-0.15, -0.1) is 11.3 Å². The van der Waals surface area contributed by atoms with Crippen LogP contribution >= 0.6 is 34.5 Å². The number of rotatable bonds is 13. The Balaban J connectivity index is 1.19. The van der Waals surface area contributed by atoms with Crippen LogP contribution in [-0.2, 0) is 30.3 Å². The topological polar surface area (TPSA) is 118 Å². The first-order valence-electron chi connectivity index (χ1n) is 17.8. The minimum absolute atomic E-state index is 0.0712. The van der Waals surface area contributed by atoms with Crippen LogP contribution in [-0.4, -0.2) is 103 Å². The van der Waals surface area contributed by atoms with E-state index in [-0.39, 0.29) is 33.6 Å². The molecule has 0 spiro atoms. The number of aliphatic imine (C=N–C) groups is 1. The summed E-state index contributed by atoms with van der Waals surface area (Å²) in [5.41, 5.74) is 1.15. The van der Waals surface area contributed by atoms with Crippen LogP contribution in [0.25, 0.3) is 0 Å². The lowest BCUT2D eigenvalue weighted by Crippen LogP contribution is -2.49. The Morgan fingerprint density at radius 3 is 2.40 bits per heavy atom. The highest BCUT2D eigenvalue weighted by atomic mass is 35.5. The van der Waals surface area contributed by atoms with Crippen molar-refractivity contribution in [2.75, 3.05) is 53.5 Å². The molecule has 1 amide bonds. The number of piperazine rings is 1. The van der Waals surface area contributed by atoms with Gasteiger partial charge >= 0.3 is 11.9 Å². The normalized spacial score (nSPS) is 22.8. The molecule has 0 bridgehead atoms. The first kappa shape index (κ1) is 38.2. The summed E-state index contributed by atoms with van der Waals surface area (Å²) < 4.78 is 16.3. The summed E-state index contributed by atoms with van der Waals surface area (Å²) in [7, 11) is 2.55. The number of aromatic nitrogens is 1. The zero-order valence-electron chi connectivity index (χ0n) is 29.8. The van der Waals surface area contributed by atoms with E-state index in [4.69, 9.17) is 42.1 Å². The number of amides is 1. The number of nitrogens with zero attached hydrogens (tertiary/aromatic N) is 5. The van der Waals surface area contributed by atoms with Gasteiger partial charge in [-0.25, -0.2) is 9.78 Å². The number of likely N-dealkylation sites (tertiary alicyclic amines) is 1. The first-order chi connectivity index (χ1) is 25.2. The van der Waals surface area contributed by atoms with Gasteiger partial charge in [0.25, 0.3) is 0 Å². The van der Waals surface area contributed by atoms with Gasteiger partial charge in [-0.05, 0) is 69.0 Å². The van der Waals surface area contributed by atoms with Crippen molar-refractivity contribution in [3.63, 3.8) is 0 Å². The van der Waals surface area contributed by atoms with Gasteiger partial charge in [-0.3, -0.25) is 24.4 Å². The molecule has 14 heteroatoms. The fourth-order valence-corrected chi connectivity index (χ4v) is 9.08. The van der Waals surface area contributed by atoms with Crippen molar-refractivity contribution in [2.45, 2.75) is 63.5 Å². The van der Waals surface area contributed by atoms with E-state index >= 15 is 0 Å². The fourth-order valence-electron chi connectivity index (χ4n) is 7.83. The number of halogens is 2. The second-order valence-corrected chi connectivity index (χ2v) is 15.2. The van der Waals surface area contributed by atoms with Crippen LogP contribution in [0.15, 0.2) is 68.9 Å². The number of aryl methyl sites for hydroxylation is 1. The highest BCUT2D eigenvalue weighted by molar-refractivity contribution is 7.09. The van der Waals surface area contributed by atoms with Crippen LogP contribution in [0.5, 0.6) is 0 Å². The number of thiazole rings is 1. The van der Waals surface area contributed by atoms with E-state index in [1.165, 1.54) is 25.6 Å². The Bertz CT molecular complexity index is 1750. The van der Waals surface area contributed by atoms with Gasteiger partial charge < -0.3 is 18.8 Å². The van der Waals surface area contributed by atoms with Crippen LogP contribution in [0, 0.1) is 5.92 Å². The highest BCUT2D eigenvalue weighted by Gasteiger charge is 2.46. The number of furan rings is 1. The summed E-state index contributed by atoms with van der Waals surface area (Å²) >= 11 is 15.0. The minimum Gasteiger partial charge on any atom is -0.468 e. The van der Waals surface area contributed by atoms with Gasteiger partial charge in [-0.1, -0.05) is 29.3 Å². The van der Waals surface area contributed by atoms with Crippen molar-refractivity contribution in [3.8, 4) is 0 Å². The lowest BCUT2D eigenvalue weighted by Gasteiger charge is -2.36. The third-order valence-electron chi connectivity index (χ3n) is 10.5. The van der Waals surface area contributed by atoms with Gasteiger partial charge in [0.1, 0.15) is 11.7 Å². The molecule has 52 heavy (non-hydrogen) atoms. The predicted octanol–water partition coefficient (Wildman–Crippen LogP) is 6.58. The number of ether oxygens (including phenoxy) is 2. The zero-order valence-corrected chi connectivity index (χ0v) is 32.1. The SMILES string of the molecule is COC(=O)C1=C(CC(=O)N2CCN(CCCN3C(C)CCC3c3ccco3)CC2)N=C(CCc2nccs2)C(C(=O)OC)C1c1c(Cl)cccc1Cl. The van der Waals surface area contributed by atoms with E-state index in [0.717, 1.165) is 56.2 Å². The summed E-state index contributed by atoms with van der Waals surface area (Å²) in [6, 6.07) is 9.87. The molecule has 0 saturated carbocycles. The molecular weight excluding hydrogens is 725 g/mol. The van der Waals surface area contributed by atoms with E-state index in [2.05, 4.69) is 27.8 Å². The molecule has 0 N–H and O–H groups in total. The Labute approximate surface area is 318 Å². The molecule has 3 aromatic rings. The monoisotopic (exact) mass is 769 g/mol. The van der Waals surface area contributed by atoms with Gasteiger partial charge in [-0.2, -0.15) is 0 Å². The van der Waals surface area contributed by atoms with E-state index in [1.807, 2.05) is 16.3 Å². The summed E-state index contributed by atoms with van der Waals surface area (Å²) in [4.78, 5) is 57.3. The summed E-state index contributed by atoms with van der Waals surface area (Å²) in [6.45, 7) is 6.82. The van der Waals surface area contributed by atoms with Crippen molar-refractivity contribution < 1.29 is 28.3 Å². The molecule has 3 aliphatic heterocycles. The molecule has 1 aromatic carbocycles. The van der Waals surface area contributed by atoms with Crippen molar-refractivity contribution in [3.05, 3.63) is 85.8 Å². The molecule has 0 aliphatic carbocycles. The number of hydrogen-bond acceptors (Lipinski definition) is 11. The summed E-state index contributed by atoms with van der Waals surface area (Å²) in [5, 5.41) is 3.29. The maximum absolute atomic E-state index is 14.0. The largest absolute Gasteiger partial charge is 0.468 e. The first-order valence-corrected chi connectivity index (χ1v) is 19.4. The van der Waals surface area contributed by atoms with Crippen LogP contribution in [0.1, 0.15) is 67.3 Å². The minimum atomic E-state index is -1.03. The van der Waals surface area contributed by atoms with Crippen LogP contribution in [0.4, 0.5) is 0 Å². The lowest BCUT2D eigenvalue weighted by molar-refractivity contribution is -0.143. The number of hydrogen-bond donors (Lipinski definition) is 0. The lowest BCUT2D eigenvalue weighted by atomic mass is 9.74. The molecule has 4 atom stereocenters. The molecule has 0 radical (unpaired) electrons. The van der Waals surface area contributed by atoms with Crippen LogP contribution in [0.3, 0.4) is 0 Å². The average molecular weight is 771 g/mol. The Hall–Kier alpha value is -3.55. The standard InChI is InChI=1S/C38H45Cl2N5O6S/c1-24-10-12-29(30-9-5-21-51-30)45(24)16-6-15-43-17-19-44(20-18-43)32(46)23-28-35(38(48)50-3)36(33-25(39)7-4-8-26(33)40)34(37(47)49-2)27(42-28)11-13-31-41-14-22-52-31/h4-5,7-9,14,21-22,24,29,34,36H,6,10-13,15-20,23H2,1-3H3. The van der Waals surface area contributed by atoms with Crippen LogP contribution < -0.4 is 0 Å². The maximum Gasteiger partial charge on any atom is 0.336 e. The predicted molar refractivity (Wildman–Crippen MR) is 201 cm³/mol. The zero-order chi connectivity index (χ0) is 36.8. The summed E-state index contributed by atoms with van der Waals surface area (Å²) in [5.74, 6) is -2.46. The second-order valence-electron chi connectivity index (χ2n) is 13.4. The van der Waals surface area contributed by atoms with Gasteiger partial charge in [0.15, 0.2) is 0 Å².